The van der Waals surface area contributed by atoms with Gasteiger partial charge in [0.25, 0.3) is 11.2 Å². The van der Waals surface area contributed by atoms with Crippen molar-refractivity contribution in [1.82, 2.24) is 15.1 Å². The van der Waals surface area contributed by atoms with Gasteiger partial charge in [0.15, 0.2) is 0 Å². The Morgan fingerprint density at radius 2 is 2.21 bits per heavy atom. The summed E-state index contributed by atoms with van der Waals surface area (Å²) in [7, 11) is 1.75. The molecule has 0 amide bonds. The summed E-state index contributed by atoms with van der Waals surface area (Å²) >= 11 is 0. The molecule has 1 heterocycles. The van der Waals surface area contributed by atoms with Crippen LogP contribution in [0.4, 0.5) is 5.69 Å². The first-order valence-corrected chi connectivity index (χ1v) is 5.74. The Labute approximate surface area is 109 Å². The Balaban J connectivity index is 2.53. The molecule has 0 atom stereocenters. The molecule has 0 fully saturated rings. The van der Waals surface area contributed by atoms with Gasteiger partial charge in [-0.05, 0) is 20.0 Å². The first-order valence-electron chi connectivity index (χ1n) is 5.74. The normalized spacial score (nSPS) is 10.6. The van der Waals surface area contributed by atoms with E-state index in [-0.39, 0.29) is 11.2 Å². The highest BCUT2D eigenvalue weighted by molar-refractivity contribution is 5.43. The van der Waals surface area contributed by atoms with E-state index in [1.807, 2.05) is 0 Å². The first-order chi connectivity index (χ1) is 9.04. The summed E-state index contributed by atoms with van der Waals surface area (Å²) in [4.78, 5) is 22.4. The zero-order valence-electron chi connectivity index (χ0n) is 10.6. The zero-order valence-corrected chi connectivity index (χ0v) is 10.6. The average Bonchev–Trinajstić information content (AvgIpc) is 2.67. The number of aryl methyl sites for hydroxylation is 1. The second-order valence-electron chi connectivity index (χ2n) is 4.16. The molecule has 2 aromatic rings. The van der Waals surface area contributed by atoms with Crippen LogP contribution in [0.25, 0.3) is 5.69 Å². The lowest BCUT2D eigenvalue weighted by Crippen LogP contribution is -2.20. The fourth-order valence-corrected chi connectivity index (χ4v) is 1.89. The molecule has 0 aliphatic rings. The Kier molecular flexibility index (Phi) is 3.48. The molecule has 2 rings (SSSR count). The Morgan fingerprint density at radius 1 is 1.47 bits per heavy atom. The number of nitro groups is 1. The number of benzene rings is 1. The van der Waals surface area contributed by atoms with Gasteiger partial charge in [-0.1, -0.05) is 6.07 Å². The average molecular weight is 262 g/mol. The lowest BCUT2D eigenvalue weighted by atomic mass is 10.2. The number of aromatic amines is 1. The van der Waals surface area contributed by atoms with Crippen molar-refractivity contribution in [2.45, 2.75) is 13.5 Å². The van der Waals surface area contributed by atoms with Gasteiger partial charge in [-0.2, -0.15) is 0 Å². The van der Waals surface area contributed by atoms with Crippen LogP contribution >= 0.6 is 0 Å². The second kappa shape index (κ2) is 5.07. The van der Waals surface area contributed by atoms with Crippen LogP contribution in [-0.4, -0.2) is 21.8 Å². The summed E-state index contributed by atoms with van der Waals surface area (Å²) in [6.07, 6.45) is 0. The molecular weight excluding hydrogens is 248 g/mol. The van der Waals surface area contributed by atoms with Gasteiger partial charge in [-0.15, -0.1) is 0 Å². The smallest absolute Gasteiger partial charge is 0.275 e. The maximum absolute atomic E-state index is 12.2. The van der Waals surface area contributed by atoms with E-state index in [1.165, 1.54) is 16.8 Å². The van der Waals surface area contributed by atoms with Crippen LogP contribution in [0.5, 0.6) is 0 Å². The molecular formula is C12H14N4O3. The predicted molar refractivity (Wildman–Crippen MR) is 70.5 cm³/mol. The zero-order chi connectivity index (χ0) is 14.0. The molecule has 0 radical (unpaired) electrons. The molecule has 0 spiro atoms. The lowest BCUT2D eigenvalue weighted by molar-refractivity contribution is -0.384. The van der Waals surface area contributed by atoms with E-state index >= 15 is 0 Å². The lowest BCUT2D eigenvalue weighted by Gasteiger charge is -2.00. The second-order valence-corrected chi connectivity index (χ2v) is 4.16. The van der Waals surface area contributed by atoms with Crippen LogP contribution in [0.3, 0.4) is 0 Å². The number of aromatic nitrogens is 2. The number of non-ortho nitro benzene ring substituents is 1. The molecule has 100 valence electrons. The summed E-state index contributed by atoms with van der Waals surface area (Å²) < 4.78 is 1.31. The molecule has 0 aliphatic heterocycles. The van der Waals surface area contributed by atoms with Gasteiger partial charge in [0, 0.05) is 24.4 Å². The van der Waals surface area contributed by atoms with Crippen molar-refractivity contribution >= 4 is 5.69 Å². The third-order valence-electron chi connectivity index (χ3n) is 2.85. The molecule has 2 N–H and O–H groups in total. The van der Waals surface area contributed by atoms with Crippen LogP contribution in [0.15, 0.2) is 29.1 Å². The van der Waals surface area contributed by atoms with Crippen LogP contribution in [-0.2, 0) is 6.54 Å². The predicted octanol–water partition coefficient (Wildman–Crippen LogP) is 1.10. The topological polar surface area (TPSA) is 93.0 Å². The summed E-state index contributed by atoms with van der Waals surface area (Å²) in [5.74, 6) is 0. The minimum atomic E-state index is -0.487. The molecule has 19 heavy (non-hydrogen) atoms. The number of nitrogens with zero attached hydrogens (tertiary/aromatic N) is 2. The molecule has 0 saturated carbocycles. The van der Waals surface area contributed by atoms with Gasteiger partial charge in [0.2, 0.25) is 0 Å². The molecule has 1 aromatic heterocycles. The van der Waals surface area contributed by atoms with Crippen LogP contribution in [0.2, 0.25) is 0 Å². The SMILES string of the molecule is CNCc1c(C)[nH]n(-c2cccc([N+](=O)[O-])c2)c1=O. The summed E-state index contributed by atoms with van der Waals surface area (Å²) in [6.45, 7) is 2.24. The van der Waals surface area contributed by atoms with Crippen molar-refractivity contribution in [3.8, 4) is 5.69 Å². The Bertz CT molecular complexity index is 672. The molecule has 1 aromatic carbocycles. The third kappa shape index (κ3) is 2.41. The highest BCUT2D eigenvalue weighted by Gasteiger charge is 2.13. The monoisotopic (exact) mass is 262 g/mol. The first kappa shape index (κ1) is 13.0. The number of H-pyrrole nitrogens is 1. The quantitative estimate of drug-likeness (QED) is 0.637. The van der Waals surface area contributed by atoms with Crippen LogP contribution in [0, 0.1) is 17.0 Å². The summed E-state index contributed by atoms with van der Waals surface area (Å²) in [5.41, 5.74) is 1.56. The van der Waals surface area contributed by atoms with E-state index in [4.69, 9.17) is 0 Å². The number of nitrogens with one attached hydrogen (secondary N) is 2. The fourth-order valence-electron chi connectivity index (χ4n) is 1.89. The van der Waals surface area contributed by atoms with E-state index in [1.54, 1.807) is 26.1 Å². The van der Waals surface area contributed by atoms with Gasteiger partial charge < -0.3 is 5.32 Å². The van der Waals surface area contributed by atoms with Crippen molar-refractivity contribution in [2.24, 2.45) is 0 Å². The number of hydrogen-bond donors (Lipinski definition) is 2. The highest BCUT2D eigenvalue weighted by atomic mass is 16.6. The maximum atomic E-state index is 12.2. The Hall–Kier alpha value is -2.41. The van der Waals surface area contributed by atoms with Crippen LogP contribution < -0.4 is 10.9 Å². The van der Waals surface area contributed by atoms with Crippen molar-refractivity contribution in [3.63, 3.8) is 0 Å². The van der Waals surface area contributed by atoms with Gasteiger partial charge in [0.1, 0.15) is 0 Å². The molecule has 0 aliphatic carbocycles. The van der Waals surface area contributed by atoms with Crippen LogP contribution in [0.1, 0.15) is 11.3 Å². The highest BCUT2D eigenvalue weighted by Crippen LogP contribution is 2.15. The van der Waals surface area contributed by atoms with Crippen molar-refractivity contribution in [1.29, 1.82) is 0 Å². The molecule has 7 nitrogen and oxygen atoms in total. The van der Waals surface area contributed by atoms with E-state index < -0.39 is 4.92 Å². The minimum absolute atomic E-state index is 0.0492. The van der Waals surface area contributed by atoms with E-state index in [0.29, 0.717) is 17.8 Å². The van der Waals surface area contributed by atoms with E-state index in [0.717, 1.165) is 5.69 Å². The molecule has 0 saturated heterocycles. The van der Waals surface area contributed by atoms with Crippen molar-refractivity contribution in [3.05, 3.63) is 56.0 Å². The van der Waals surface area contributed by atoms with E-state index in [2.05, 4.69) is 10.4 Å². The van der Waals surface area contributed by atoms with Gasteiger partial charge >= 0.3 is 0 Å². The molecule has 0 bridgehead atoms. The summed E-state index contributed by atoms with van der Waals surface area (Å²) in [5, 5.41) is 16.6. The third-order valence-corrected chi connectivity index (χ3v) is 2.85. The van der Waals surface area contributed by atoms with Gasteiger partial charge in [-0.25, -0.2) is 4.68 Å². The summed E-state index contributed by atoms with van der Waals surface area (Å²) in [6, 6.07) is 5.95. The van der Waals surface area contributed by atoms with E-state index in [9.17, 15) is 14.9 Å². The molecule has 0 unspecified atom stereocenters. The van der Waals surface area contributed by atoms with Crippen molar-refractivity contribution < 1.29 is 4.92 Å². The standard InChI is InChI=1S/C12H14N4O3/c1-8-11(7-13-2)12(17)15(14-8)9-4-3-5-10(6-9)16(18)19/h3-6,13-14H,7H2,1-2H3. The van der Waals surface area contributed by atoms with Gasteiger partial charge in [0.05, 0.1) is 16.2 Å². The largest absolute Gasteiger partial charge is 0.315 e. The maximum Gasteiger partial charge on any atom is 0.275 e. The number of rotatable bonds is 4. The Morgan fingerprint density at radius 3 is 2.84 bits per heavy atom. The minimum Gasteiger partial charge on any atom is -0.315 e. The van der Waals surface area contributed by atoms with Crippen molar-refractivity contribution in [2.75, 3.05) is 7.05 Å². The number of hydrogen-bond acceptors (Lipinski definition) is 4. The van der Waals surface area contributed by atoms with Gasteiger partial charge in [-0.3, -0.25) is 20.0 Å². The fraction of sp³-hybridized carbons (Fsp3) is 0.250. The number of nitro benzene ring substituents is 1. The molecule has 7 heteroatoms.